The number of hydrogen-bond acceptors (Lipinski definition) is 2. The number of aromatic nitrogens is 1. The highest BCUT2D eigenvalue weighted by atomic mass is 16.5. The standard InChI is InChI=1S/C13H21NO2/c1-7-16-12(15)10-8(2)11(13(4,5)6)14-9(10)3/h14H,7H2,1-6H3. The Balaban J connectivity index is 3.23. The summed E-state index contributed by atoms with van der Waals surface area (Å²) in [4.78, 5) is 15.1. The highest BCUT2D eigenvalue weighted by Crippen LogP contribution is 2.29. The first-order chi connectivity index (χ1) is 7.29. The van der Waals surface area contributed by atoms with Gasteiger partial charge in [0.1, 0.15) is 0 Å². The Morgan fingerprint density at radius 2 is 1.88 bits per heavy atom. The van der Waals surface area contributed by atoms with E-state index in [0.717, 1.165) is 17.0 Å². The molecule has 1 aromatic rings. The van der Waals surface area contributed by atoms with Crippen LogP contribution in [0.2, 0.25) is 0 Å². The van der Waals surface area contributed by atoms with Gasteiger partial charge in [0, 0.05) is 16.8 Å². The summed E-state index contributed by atoms with van der Waals surface area (Å²) in [6.45, 7) is 12.5. The molecule has 0 atom stereocenters. The third-order valence-electron chi connectivity index (χ3n) is 2.67. The lowest BCUT2D eigenvalue weighted by atomic mass is 9.89. The minimum absolute atomic E-state index is 0.0135. The molecule has 0 saturated heterocycles. The summed E-state index contributed by atoms with van der Waals surface area (Å²) in [5, 5.41) is 0. The van der Waals surface area contributed by atoms with Crippen LogP contribution in [0.3, 0.4) is 0 Å². The first-order valence-corrected chi connectivity index (χ1v) is 5.65. The van der Waals surface area contributed by atoms with Gasteiger partial charge < -0.3 is 9.72 Å². The quantitative estimate of drug-likeness (QED) is 0.783. The third-order valence-corrected chi connectivity index (χ3v) is 2.67. The van der Waals surface area contributed by atoms with Gasteiger partial charge in [0.25, 0.3) is 0 Å². The van der Waals surface area contributed by atoms with Crippen molar-refractivity contribution in [3.63, 3.8) is 0 Å². The predicted octanol–water partition coefficient (Wildman–Crippen LogP) is 3.11. The van der Waals surface area contributed by atoms with Crippen molar-refractivity contribution in [2.75, 3.05) is 6.61 Å². The lowest BCUT2D eigenvalue weighted by molar-refractivity contribution is 0.0525. The number of carbonyl (C=O) groups is 1. The molecule has 0 fully saturated rings. The van der Waals surface area contributed by atoms with Gasteiger partial charge in [-0.2, -0.15) is 0 Å². The van der Waals surface area contributed by atoms with Crippen LogP contribution in [0.1, 0.15) is 55.0 Å². The lowest BCUT2D eigenvalue weighted by Gasteiger charge is -2.18. The van der Waals surface area contributed by atoms with Crippen LogP contribution in [0.4, 0.5) is 0 Å². The molecule has 0 aromatic carbocycles. The second kappa shape index (κ2) is 4.32. The molecule has 1 heterocycles. The molecule has 0 aliphatic heterocycles. The number of ether oxygens (including phenoxy) is 1. The van der Waals surface area contributed by atoms with Crippen LogP contribution >= 0.6 is 0 Å². The number of nitrogens with one attached hydrogen (secondary N) is 1. The first-order valence-electron chi connectivity index (χ1n) is 5.65. The Morgan fingerprint density at radius 3 is 2.25 bits per heavy atom. The Morgan fingerprint density at radius 1 is 1.31 bits per heavy atom. The van der Waals surface area contributed by atoms with Gasteiger partial charge in [0.05, 0.1) is 12.2 Å². The van der Waals surface area contributed by atoms with E-state index in [1.807, 2.05) is 20.8 Å². The molecule has 3 heteroatoms. The van der Waals surface area contributed by atoms with E-state index in [0.29, 0.717) is 12.2 Å². The largest absolute Gasteiger partial charge is 0.462 e. The predicted molar refractivity (Wildman–Crippen MR) is 64.9 cm³/mol. The highest BCUT2D eigenvalue weighted by Gasteiger charge is 2.25. The van der Waals surface area contributed by atoms with Crippen molar-refractivity contribution in [1.82, 2.24) is 4.98 Å². The summed E-state index contributed by atoms with van der Waals surface area (Å²) in [5.41, 5.74) is 3.70. The molecule has 0 aliphatic rings. The molecular formula is C13H21NO2. The zero-order valence-corrected chi connectivity index (χ0v) is 11.0. The van der Waals surface area contributed by atoms with E-state index in [9.17, 15) is 4.79 Å². The Labute approximate surface area is 97.2 Å². The maximum Gasteiger partial charge on any atom is 0.340 e. The van der Waals surface area contributed by atoms with Crippen molar-refractivity contribution < 1.29 is 9.53 Å². The van der Waals surface area contributed by atoms with E-state index in [1.54, 1.807) is 0 Å². The van der Waals surface area contributed by atoms with Crippen LogP contribution in [0.25, 0.3) is 0 Å². The molecule has 1 N–H and O–H groups in total. The smallest absolute Gasteiger partial charge is 0.340 e. The van der Waals surface area contributed by atoms with E-state index in [2.05, 4.69) is 25.8 Å². The van der Waals surface area contributed by atoms with Crippen LogP contribution in [-0.4, -0.2) is 17.6 Å². The van der Waals surface area contributed by atoms with Crippen molar-refractivity contribution in [2.45, 2.75) is 47.0 Å². The van der Waals surface area contributed by atoms with E-state index >= 15 is 0 Å². The summed E-state index contributed by atoms with van der Waals surface area (Å²) in [7, 11) is 0. The van der Waals surface area contributed by atoms with E-state index in [1.165, 1.54) is 0 Å². The van der Waals surface area contributed by atoms with E-state index in [-0.39, 0.29) is 11.4 Å². The van der Waals surface area contributed by atoms with Crippen LogP contribution < -0.4 is 0 Å². The molecule has 0 spiro atoms. The molecule has 1 rings (SSSR count). The summed E-state index contributed by atoms with van der Waals surface area (Å²) >= 11 is 0. The Hall–Kier alpha value is -1.25. The summed E-state index contributed by atoms with van der Waals surface area (Å²) in [6, 6.07) is 0. The van der Waals surface area contributed by atoms with E-state index < -0.39 is 0 Å². The molecule has 90 valence electrons. The van der Waals surface area contributed by atoms with Gasteiger partial charge in [-0.05, 0) is 26.3 Å². The van der Waals surface area contributed by atoms with Crippen LogP contribution in [-0.2, 0) is 10.2 Å². The third kappa shape index (κ3) is 2.29. The molecule has 0 radical (unpaired) electrons. The zero-order chi connectivity index (χ0) is 12.5. The molecule has 1 aromatic heterocycles. The molecule has 0 bridgehead atoms. The molecule has 0 aliphatic carbocycles. The molecule has 0 saturated carbocycles. The van der Waals surface area contributed by atoms with Crippen LogP contribution in [0, 0.1) is 13.8 Å². The number of aryl methyl sites for hydroxylation is 1. The van der Waals surface area contributed by atoms with Gasteiger partial charge in [-0.15, -0.1) is 0 Å². The fourth-order valence-electron chi connectivity index (χ4n) is 2.01. The van der Waals surface area contributed by atoms with Crippen molar-refractivity contribution in [3.8, 4) is 0 Å². The highest BCUT2D eigenvalue weighted by molar-refractivity contribution is 5.93. The summed E-state index contributed by atoms with van der Waals surface area (Å²) in [5.74, 6) is -0.232. The second-order valence-electron chi connectivity index (χ2n) is 5.10. The monoisotopic (exact) mass is 223 g/mol. The Bertz CT molecular complexity index is 397. The van der Waals surface area contributed by atoms with Crippen molar-refractivity contribution in [2.24, 2.45) is 0 Å². The van der Waals surface area contributed by atoms with Gasteiger partial charge in [0.15, 0.2) is 0 Å². The summed E-state index contributed by atoms with van der Waals surface area (Å²) in [6.07, 6.45) is 0. The lowest BCUT2D eigenvalue weighted by Crippen LogP contribution is -2.14. The van der Waals surface area contributed by atoms with E-state index in [4.69, 9.17) is 4.74 Å². The second-order valence-corrected chi connectivity index (χ2v) is 5.10. The number of carbonyl (C=O) groups excluding carboxylic acids is 1. The van der Waals surface area contributed by atoms with Crippen molar-refractivity contribution >= 4 is 5.97 Å². The minimum Gasteiger partial charge on any atom is -0.462 e. The number of hydrogen-bond donors (Lipinski definition) is 1. The number of rotatable bonds is 2. The molecule has 0 unspecified atom stereocenters. The average Bonchev–Trinajstić information content (AvgIpc) is 2.41. The topological polar surface area (TPSA) is 42.1 Å². The molecular weight excluding hydrogens is 202 g/mol. The Kier molecular flexibility index (Phi) is 3.46. The minimum atomic E-state index is -0.232. The molecule has 3 nitrogen and oxygen atoms in total. The van der Waals surface area contributed by atoms with Gasteiger partial charge in [-0.1, -0.05) is 20.8 Å². The van der Waals surface area contributed by atoms with Crippen molar-refractivity contribution in [1.29, 1.82) is 0 Å². The number of aromatic amines is 1. The normalized spacial score (nSPS) is 11.6. The molecule has 0 amide bonds. The zero-order valence-electron chi connectivity index (χ0n) is 11.0. The average molecular weight is 223 g/mol. The fraction of sp³-hybridized carbons (Fsp3) is 0.615. The van der Waals surface area contributed by atoms with Crippen LogP contribution in [0.15, 0.2) is 0 Å². The fourth-order valence-corrected chi connectivity index (χ4v) is 2.01. The van der Waals surface area contributed by atoms with Crippen LogP contribution in [0.5, 0.6) is 0 Å². The number of H-pyrrole nitrogens is 1. The summed E-state index contributed by atoms with van der Waals surface area (Å²) < 4.78 is 5.06. The maximum absolute atomic E-state index is 11.8. The van der Waals surface area contributed by atoms with Gasteiger partial charge in [0.2, 0.25) is 0 Å². The molecule has 16 heavy (non-hydrogen) atoms. The van der Waals surface area contributed by atoms with Gasteiger partial charge in [-0.3, -0.25) is 0 Å². The van der Waals surface area contributed by atoms with Gasteiger partial charge >= 0.3 is 5.97 Å². The van der Waals surface area contributed by atoms with Crippen molar-refractivity contribution in [3.05, 3.63) is 22.5 Å². The maximum atomic E-state index is 11.8. The SMILES string of the molecule is CCOC(=O)c1c(C)[nH]c(C(C)(C)C)c1C. The van der Waals surface area contributed by atoms with Gasteiger partial charge in [-0.25, -0.2) is 4.79 Å². The first kappa shape index (κ1) is 12.8. The number of esters is 1.